The minimum absolute atomic E-state index is 0.00570. The van der Waals surface area contributed by atoms with Crippen LogP contribution in [0.1, 0.15) is 30.1 Å². The summed E-state index contributed by atoms with van der Waals surface area (Å²) in [6, 6.07) is 5.16. The number of nitrogens with two attached hydrogens (primary N) is 1. The van der Waals surface area contributed by atoms with Crippen LogP contribution in [-0.2, 0) is 4.79 Å². The molecule has 0 spiro atoms. The maximum Gasteiger partial charge on any atom is 0.252 e. The highest BCUT2D eigenvalue weighted by molar-refractivity contribution is 6.01. The molecule has 26 heavy (non-hydrogen) atoms. The van der Waals surface area contributed by atoms with E-state index in [-0.39, 0.29) is 23.3 Å². The Morgan fingerprint density at radius 1 is 1.46 bits per heavy atom. The second-order valence-electron chi connectivity index (χ2n) is 6.97. The predicted molar refractivity (Wildman–Crippen MR) is 95.1 cm³/mol. The van der Waals surface area contributed by atoms with Crippen LogP contribution in [0.4, 0.5) is 0 Å². The molecular formula is C19H21N3O4. The summed E-state index contributed by atoms with van der Waals surface area (Å²) in [6.45, 7) is 2.47. The number of pyridine rings is 1. The second kappa shape index (κ2) is 5.86. The molecular weight excluding hydrogens is 334 g/mol. The van der Waals surface area contributed by atoms with Crippen LogP contribution >= 0.6 is 0 Å². The van der Waals surface area contributed by atoms with Crippen molar-refractivity contribution in [2.24, 2.45) is 17.1 Å². The van der Waals surface area contributed by atoms with Gasteiger partial charge in [-0.3, -0.25) is 9.59 Å². The zero-order chi connectivity index (χ0) is 18.5. The first-order valence-corrected chi connectivity index (χ1v) is 8.70. The van der Waals surface area contributed by atoms with E-state index in [1.54, 1.807) is 24.4 Å². The number of benzene rings is 1. The lowest BCUT2D eigenvalue weighted by Gasteiger charge is -2.22. The van der Waals surface area contributed by atoms with Crippen LogP contribution in [-0.4, -0.2) is 36.6 Å². The fourth-order valence-corrected chi connectivity index (χ4v) is 4.13. The van der Waals surface area contributed by atoms with Gasteiger partial charge in [-0.25, -0.2) is 4.98 Å². The fourth-order valence-electron chi connectivity index (χ4n) is 4.13. The van der Waals surface area contributed by atoms with Crippen LogP contribution in [0.2, 0.25) is 0 Å². The van der Waals surface area contributed by atoms with Gasteiger partial charge in [0, 0.05) is 22.9 Å². The number of methoxy groups -OCH3 is 1. The second-order valence-corrected chi connectivity index (χ2v) is 6.97. The van der Waals surface area contributed by atoms with Gasteiger partial charge in [0.1, 0.15) is 12.4 Å². The Balaban J connectivity index is 1.63. The minimum atomic E-state index is -0.554. The number of nitrogens with one attached hydrogen (secondary N) is 1. The molecule has 1 aromatic heterocycles. The molecule has 0 bridgehead atoms. The van der Waals surface area contributed by atoms with Gasteiger partial charge in [-0.1, -0.05) is 6.92 Å². The maximum atomic E-state index is 12.0. The highest BCUT2D eigenvalue weighted by atomic mass is 16.5. The molecule has 4 rings (SSSR count). The normalized spacial score (nSPS) is 26.3. The predicted octanol–water partition coefficient (Wildman–Crippen LogP) is 1.64. The number of amides is 2. The molecule has 1 aromatic carbocycles. The van der Waals surface area contributed by atoms with E-state index in [1.807, 2.05) is 0 Å². The van der Waals surface area contributed by atoms with Gasteiger partial charge in [0.15, 0.2) is 0 Å². The average Bonchev–Trinajstić information content (AvgIpc) is 3.33. The molecule has 3 atom stereocenters. The van der Waals surface area contributed by atoms with E-state index in [9.17, 15) is 9.59 Å². The number of fused-ring (bicyclic) bond motifs is 2. The SMILES string of the molecule is CC[C@]12C[C@H]1C(=O)N[C@@H]2COc1nccc2cc(C(N)=O)c(OC)cc12. The topological polar surface area (TPSA) is 104 Å². The van der Waals surface area contributed by atoms with Crippen LogP contribution < -0.4 is 20.5 Å². The summed E-state index contributed by atoms with van der Waals surface area (Å²) in [5, 5.41) is 4.55. The lowest BCUT2D eigenvalue weighted by molar-refractivity contribution is -0.121. The lowest BCUT2D eigenvalue weighted by atomic mass is 9.94. The van der Waals surface area contributed by atoms with Crippen molar-refractivity contribution in [2.75, 3.05) is 13.7 Å². The van der Waals surface area contributed by atoms with Crippen molar-refractivity contribution < 1.29 is 19.1 Å². The minimum Gasteiger partial charge on any atom is -0.496 e. The molecule has 1 saturated carbocycles. The van der Waals surface area contributed by atoms with Crippen molar-refractivity contribution in [3.05, 3.63) is 30.0 Å². The van der Waals surface area contributed by atoms with Gasteiger partial charge >= 0.3 is 0 Å². The summed E-state index contributed by atoms with van der Waals surface area (Å²) >= 11 is 0. The van der Waals surface area contributed by atoms with Crippen LogP contribution in [0, 0.1) is 11.3 Å². The number of rotatable bonds is 6. The Morgan fingerprint density at radius 3 is 2.92 bits per heavy atom. The Bertz CT molecular complexity index is 913. The summed E-state index contributed by atoms with van der Waals surface area (Å²) < 4.78 is 11.3. The van der Waals surface area contributed by atoms with E-state index in [4.69, 9.17) is 15.2 Å². The monoisotopic (exact) mass is 355 g/mol. The first-order chi connectivity index (χ1) is 12.5. The number of aromatic nitrogens is 1. The van der Waals surface area contributed by atoms with E-state index < -0.39 is 5.91 Å². The van der Waals surface area contributed by atoms with E-state index >= 15 is 0 Å². The van der Waals surface area contributed by atoms with Crippen LogP contribution in [0.5, 0.6) is 11.6 Å². The largest absolute Gasteiger partial charge is 0.496 e. The van der Waals surface area contributed by atoms with E-state index in [0.717, 1.165) is 23.6 Å². The maximum absolute atomic E-state index is 12.0. The molecule has 7 nitrogen and oxygen atoms in total. The molecule has 2 fully saturated rings. The lowest BCUT2D eigenvalue weighted by Crippen LogP contribution is -2.39. The molecule has 3 N–H and O–H groups in total. The third-order valence-corrected chi connectivity index (χ3v) is 5.80. The quantitative estimate of drug-likeness (QED) is 0.820. The Morgan fingerprint density at radius 2 is 2.27 bits per heavy atom. The summed E-state index contributed by atoms with van der Waals surface area (Å²) in [4.78, 5) is 27.9. The van der Waals surface area contributed by atoms with E-state index in [2.05, 4.69) is 17.2 Å². The van der Waals surface area contributed by atoms with Gasteiger partial charge in [0.05, 0.1) is 18.7 Å². The van der Waals surface area contributed by atoms with Gasteiger partial charge in [-0.05, 0) is 36.4 Å². The van der Waals surface area contributed by atoms with Crippen LogP contribution in [0.15, 0.2) is 24.4 Å². The van der Waals surface area contributed by atoms with Crippen molar-refractivity contribution in [1.82, 2.24) is 10.3 Å². The van der Waals surface area contributed by atoms with E-state index in [0.29, 0.717) is 23.8 Å². The summed E-state index contributed by atoms with van der Waals surface area (Å²) in [6.07, 6.45) is 3.50. The molecule has 2 heterocycles. The number of piperidine rings is 1. The average molecular weight is 355 g/mol. The van der Waals surface area contributed by atoms with E-state index in [1.165, 1.54) is 7.11 Å². The van der Waals surface area contributed by atoms with Gasteiger partial charge in [0.25, 0.3) is 5.91 Å². The fraction of sp³-hybridized carbons (Fsp3) is 0.421. The van der Waals surface area contributed by atoms with Crippen molar-refractivity contribution >= 4 is 22.6 Å². The number of carbonyl (C=O) groups is 2. The highest BCUT2D eigenvalue weighted by Gasteiger charge is 2.66. The molecule has 2 aliphatic rings. The number of hydrogen-bond acceptors (Lipinski definition) is 5. The molecule has 0 radical (unpaired) electrons. The Kier molecular flexibility index (Phi) is 3.75. The van der Waals surface area contributed by atoms with Crippen molar-refractivity contribution in [3.63, 3.8) is 0 Å². The van der Waals surface area contributed by atoms with Crippen molar-refractivity contribution in [2.45, 2.75) is 25.8 Å². The number of nitrogens with zero attached hydrogens (tertiary/aromatic N) is 1. The smallest absolute Gasteiger partial charge is 0.252 e. The van der Waals surface area contributed by atoms with Crippen molar-refractivity contribution in [3.8, 4) is 11.6 Å². The van der Waals surface area contributed by atoms with Crippen LogP contribution in [0.25, 0.3) is 10.8 Å². The standard InChI is InChI=1S/C19H21N3O4/c1-3-19-8-13(19)17(24)22-15(19)9-26-18-11-7-14(25-2)12(16(20)23)6-10(11)4-5-21-18/h4-7,13,15H,3,8-9H2,1-2H3,(H2,20,23)(H,22,24)/t13-,15+,19-/m0/s1. The number of ether oxygens (including phenoxy) is 2. The zero-order valence-corrected chi connectivity index (χ0v) is 14.7. The molecule has 2 amide bonds. The number of hydrogen-bond donors (Lipinski definition) is 2. The molecule has 0 unspecified atom stereocenters. The third kappa shape index (κ3) is 2.38. The molecule has 136 valence electrons. The van der Waals surface area contributed by atoms with Gasteiger partial charge in [0.2, 0.25) is 11.8 Å². The molecule has 1 aliphatic carbocycles. The Labute approximate surface area is 150 Å². The molecule has 1 aliphatic heterocycles. The van der Waals surface area contributed by atoms with Gasteiger partial charge in [-0.2, -0.15) is 0 Å². The molecule has 2 aromatic rings. The summed E-state index contributed by atoms with van der Waals surface area (Å²) in [5.74, 6) is 0.519. The summed E-state index contributed by atoms with van der Waals surface area (Å²) in [7, 11) is 1.48. The summed E-state index contributed by atoms with van der Waals surface area (Å²) in [5.41, 5.74) is 5.75. The molecule has 7 heteroatoms. The number of carbonyl (C=O) groups excluding carboxylic acids is 2. The van der Waals surface area contributed by atoms with Gasteiger partial charge < -0.3 is 20.5 Å². The molecule has 1 saturated heterocycles. The highest BCUT2D eigenvalue weighted by Crippen LogP contribution is 2.61. The Hall–Kier alpha value is -2.83. The van der Waals surface area contributed by atoms with Gasteiger partial charge in [-0.15, -0.1) is 0 Å². The van der Waals surface area contributed by atoms with Crippen molar-refractivity contribution in [1.29, 1.82) is 0 Å². The number of primary amides is 1. The van der Waals surface area contributed by atoms with Crippen LogP contribution in [0.3, 0.4) is 0 Å². The third-order valence-electron chi connectivity index (χ3n) is 5.80. The first-order valence-electron chi connectivity index (χ1n) is 8.70. The zero-order valence-electron chi connectivity index (χ0n) is 14.7. The first kappa shape index (κ1) is 16.6.